The number of anilines is 1. The van der Waals surface area contributed by atoms with E-state index in [2.05, 4.69) is 4.74 Å². The second-order valence-electron chi connectivity index (χ2n) is 3.90. The van der Waals surface area contributed by atoms with E-state index in [0.717, 1.165) is 0 Å². The third-order valence-corrected chi connectivity index (χ3v) is 2.72. The summed E-state index contributed by atoms with van der Waals surface area (Å²) in [5.74, 6) is -0.151. The molecule has 1 aliphatic rings. The molecular weight excluding hydrogens is 254 g/mol. The van der Waals surface area contributed by atoms with Crippen molar-refractivity contribution in [3.63, 3.8) is 0 Å². The molecule has 1 saturated heterocycles. The van der Waals surface area contributed by atoms with E-state index in [9.17, 15) is 14.9 Å². The molecule has 102 valence electrons. The Morgan fingerprint density at radius 1 is 1.42 bits per heavy atom. The van der Waals surface area contributed by atoms with Crippen LogP contribution in [0.25, 0.3) is 0 Å². The number of ether oxygens (including phenoxy) is 2. The van der Waals surface area contributed by atoms with Crippen molar-refractivity contribution in [2.24, 2.45) is 5.73 Å². The van der Waals surface area contributed by atoms with Crippen molar-refractivity contribution in [3.05, 3.63) is 28.3 Å². The van der Waals surface area contributed by atoms with Crippen LogP contribution < -0.4 is 15.4 Å². The van der Waals surface area contributed by atoms with Crippen molar-refractivity contribution in [3.8, 4) is 5.75 Å². The fourth-order valence-electron chi connectivity index (χ4n) is 1.94. The van der Waals surface area contributed by atoms with Gasteiger partial charge in [-0.05, 0) is 12.1 Å². The molecule has 0 radical (unpaired) electrons. The maximum Gasteiger partial charge on any atom is 0.410 e. The molecule has 0 aromatic heterocycles. The fraction of sp³-hybridized carbons (Fsp3) is 0.364. The van der Waals surface area contributed by atoms with Crippen molar-refractivity contribution in [1.82, 2.24) is 0 Å². The molecule has 1 aromatic carbocycles. The van der Waals surface area contributed by atoms with Crippen molar-refractivity contribution in [1.29, 1.82) is 0 Å². The lowest BCUT2D eigenvalue weighted by atomic mass is 10.2. The zero-order valence-corrected chi connectivity index (χ0v) is 10.1. The maximum absolute atomic E-state index is 11.2. The molecule has 1 amide bonds. The molecular formula is C11H13N3O5. The van der Waals surface area contributed by atoms with Crippen LogP contribution >= 0.6 is 0 Å². The molecule has 1 aliphatic heterocycles. The summed E-state index contributed by atoms with van der Waals surface area (Å²) in [6.07, 6.45) is -1.08. The lowest BCUT2D eigenvalue weighted by Gasteiger charge is -2.28. The number of hydrogen-bond acceptors (Lipinski definition) is 6. The Kier molecular flexibility index (Phi) is 3.81. The number of nitro groups is 1. The second-order valence-corrected chi connectivity index (χ2v) is 3.90. The van der Waals surface area contributed by atoms with E-state index in [0.29, 0.717) is 32.0 Å². The molecule has 19 heavy (non-hydrogen) atoms. The number of primary amides is 1. The number of carbonyl (C=O) groups excluding carboxylic acids is 1. The van der Waals surface area contributed by atoms with Gasteiger partial charge in [0.15, 0.2) is 0 Å². The molecule has 8 nitrogen and oxygen atoms in total. The number of morpholine rings is 1. The average molecular weight is 267 g/mol. The summed E-state index contributed by atoms with van der Waals surface area (Å²) >= 11 is 0. The molecule has 0 saturated carbocycles. The van der Waals surface area contributed by atoms with Crippen molar-refractivity contribution < 1.29 is 19.2 Å². The van der Waals surface area contributed by atoms with Crippen LogP contribution in [-0.2, 0) is 4.74 Å². The van der Waals surface area contributed by atoms with Crippen LogP contribution in [0.15, 0.2) is 18.2 Å². The number of nitrogens with zero attached hydrogens (tertiary/aromatic N) is 2. The minimum atomic E-state index is -1.08. The molecule has 0 atom stereocenters. The monoisotopic (exact) mass is 267 g/mol. The van der Waals surface area contributed by atoms with Gasteiger partial charge in [0, 0.05) is 13.1 Å². The molecule has 0 aliphatic carbocycles. The first-order valence-electron chi connectivity index (χ1n) is 5.67. The number of rotatable bonds is 3. The van der Waals surface area contributed by atoms with Gasteiger partial charge in [-0.15, -0.1) is 0 Å². The maximum atomic E-state index is 11.2. The summed E-state index contributed by atoms with van der Waals surface area (Å²) in [6, 6.07) is 4.53. The van der Waals surface area contributed by atoms with Gasteiger partial charge in [0.1, 0.15) is 5.69 Å². The first-order valence-corrected chi connectivity index (χ1v) is 5.67. The third-order valence-electron chi connectivity index (χ3n) is 2.72. The van der Waals surface area contributed by atoms with Crippen LogP contribution in [0.2, 0.25) is 0 Å². The van der Waals surface area contributed by atoms with Crippen molar-refractivity contribution in [2.45, 2.75) is 0 Å². The Morgan fingerprint density at radius 2 is 2.11 bits per heavy atom. The highest BCUT2D eigenvalue weighted by Crippen LogP contribution is 2.37. The number of nitro benzene ring substituents is 1. The Hall–Kier alpha value is -2.35. The standard InChI is InChI=1S/C11H13N3O5/c12-11(15)19-9-3-1-2-8(10(9)14(16)17)13-4-6-18-7-5-13/h1-3H,4-7H2,(H2,12,15). The molecule has 8 heteroatoms. The molecule has 0 unspecified atom stereocenters. The summed E-state index contributed by atoms with van der Waals surface area (Å²) < 4.78 is 9.88. The van der Waals surface area contributed by atoms with Gasteiger partial charge in [-0.1, -0.05) is 6.07 Å². The minimum Gasteiger partial charge on any atom is -0.403 e. The summed E-state index contributed by atoms with van der Waals surface area (Å²) in [5.41, 5.74) is 5.04. The SMILES string of the molecule is NC(=O)Oc1cccc(N2CCOCC2)c1[N+](=O)[O-]. The molecule has 1 fully saturated rings. The Morgan fingerprint density at radius 3 is 2.68 bits per heavy atom. The van der Waals surface area contributed by atoms with Gasteiger partial charge >= 0.3 is 11.8 Å². The summed E-state index contributed by atoms with van der Waals surface area (Å²) in [6.45, 7) is 2.08. The zero-order chi connectivity index (χ0) is 13.8. The van der Waals surface area contributed by atoms with Gasteiger partial charge in [-0.2, -0.15) is 0 Å². The highest BCUT2D eigenvalue weighted by molar-refractivity contribution is 5.75. The topological polar surface area (TPSA) is 108 Å². The lowest BCUT2D eigenvalue weighted by Crippen LogP contribution is -2.36. The van der Waals surface area contributed by atoms with Crippen LogP contribution in [0.1, 0.15) is 0 Å². The lowest BCUT2D eigenvalue weighted by molar-refractivity contribution is -0.384. The highest BCUT2D eigenvalue weighted by Gasteiger charge is 2.26. The van der Waals surface area contributed by atoms with E-state index >= 15 is 0 Å². The van der Waals surface area contributed by atoms with Gasteiger partial charge in [0.2, 0.25) is 5.75 Å². The first kappa shape index (κ1) is 13.1. The van der Waals surface area contributed by atoms with E-state index < -0.39 is 11.0 Å². The molecule has 2 N–H and O–H groups in total. The Labute approximate surface area is 108 Å². The largest absolute Gasteiger partial charge is 0.410 e. The molecule has 1 heterocycles. The van der Waals surface area contributed by atoms with E-state index in [4.69, 9.17) is 10.5 Å². The van der Waals surface area contributed by atoms with E-state index in [1.54, 1.807) is 12.1 Å². The normalized spacial score (nSPS) is 15.1. The second kappa shape index (κ2) is 5.53. The fourth-order valence-corrected chi connectivity index (χ4v) is 1.94. The van der Waals surface area contributed by atoms with E-state index in [1.165, 1.54) is 6.07 Å². The summed E-state index contributed by atoms with van der Waals surface area (Å²) in [4.78, 5) is 23.2. The van der Waals surface area contributed by atoms with E-state index in [-0.39, 0.29) is 11.4 Å². The van der Waals surface area contributed by atoms with Crippen molar-refractivity contribution >= 4 is 17.5 Å². The summed E-state index contributed by atoms with van der Waals surface area (Å²) in [7, 11) is 0. The minimum absolute atomic E-state index is 0.151. The molecule has 2 rings (SSSR count). The third kappa shape index (κ3) is 2.91. The molecule has 0 spiro atoms. The Bertz CT molecular complexity index is 499. The van der Waals surface area contributed by atoms with Gasteiger partial charge in [0.25, 0.3) is 0 Å². The van der Waals surface area contributed by atoms with Crippen molar-refractivity contribution in [2.75, 3.05) is 31.2 Å². The van der Waals surface area contributed by atoms with E-state index in [1.807, 2.05) is 4.90 Å². The van der Waals surface area contributed by atoms with Gasteiger partial charge < -0.3 is 20.1 Å². The van der Waals surface area contributed by atoms with Gasteiger partial charge in [-0.25, -0.2) is 4.79 Å². The number of benzene rings is 1. The van der Waals surface area contributed by atoms with Crippen LogP contribution in [0.3, 0.4) is 0 Å². The number of carbonyl (C=O) groups is 1. The number of nitrogens with two attached hydrogens (primary N) is 1. The van der Waals surface area contributed by atoms with Gasteiger partial charge in [0.05, 0.1) is 18.1 Å². The van der Waals surface area contributed by atoms with Crippen LogP contribution in [-0.4, -0.2) is 37.3 Å². The zero-order valence-electron chi connectivity index (χ0n) is 10.1. The molecule has 0 bridgehead atoms. The molecule has 1 aromatic rings. The predicted octanol–water partition coefficient (Wildman–Crippen LogP) is 0.889. The number of amides is 1. The van der Waals surface area contributed by atoms with Crippen LogP contribution in [0.5, 0.6) is 5.75 Å². The van der Waals surface area contributed by atoms with Gasteiger partial charge in [-0.3, -0.25) is 10.1 Å². The Balaban J connectivity index is 2.41. The van der Waals surface area contributed by atoms with Crippen LogP contribution in [0, 0.1) is 10.1 Å². The quantitative estimate of drug-likeness (QED) is 0.643. The highest BCUT2D eigenvalue weighted by atomic mass is 16.6. The van der Waals surface area contributed by atoms with Crippen LogP contribution in [0.4, 0.5) is 16.2 Å². The number of para-hydroxylation sites is 1. The number of hydrogen-bond donors (Lipinski definition) is 1. The summed E-state index contributed by atoms with van der Waals surface area (Å²) in [5, 5.41) is 11.2. The smallest absolute Gasteiger partial charge is 0.403 e. The first-order chi connectivity index (χ1) is 9.09. The average Bonchev–Trinajstić information content (AvgIpc) is 2.38. The predicted molar refractivity (Wildman–Crippen MR) is 66.3 cm³/mol.